The maximum Gasteiger partial charge on any atom is 0.257 e. The van der Waals surface area contributed by atoms with Crippen LogP contribution in [0.25, 0.3) is 22.1 Å². The van der Waals surface area contributed by atoms with E-state index < -0.39 is 0 Å². The lowest BCUT2D eigenvalue weighted by Gasteiger charge is -2.12. The van der Waals surface area contributed by atoms with E-state index in [1.54, 1.807) is 73.8 Å². The molecule has 4 rings (SSSR count). The second-order valence-corrected chi connectivity index (χ2v) is 6.76. The Bertz CT molecular complexity index is 1270. The first kappa shape index (κ1) is 18.8. The Morgan fingerprint density at radius 2 is 1.79 bits per heavy atom. The van der Waals surface area contributed by atoms with E-state index in [2.05, 4.69) is 5.32 Å². The van der Waals surface area contributed by atoms with Gasteiger partial charge in [0.1, 0.15) is 11.3 Å². The Morgan fingerprint density at radius 1 is 1.00 bits per heavy atom. The molecule has 0 saturated heterocycles. The lowest BCUT2D eigenvalue weighted by Crippen LogP contribution is -2.16. The van der Waals surface area contributed by atoms with E-state index in [4.69, 9.17) is 20.8 Å². The third-order valence-electron chi connectivity index (χ3n) is 4.47. The van der Waals surface area contributed by atoms with Crippen molar-refractivity contribution >= 4 is 34.4 Å². The van der Waals surface area contributed by atoms with Crippen molar-refractivity contribution < 1.29 is 13.9 Å². The SMILES string of the molecule is COc1cccc(-c2c(NC(=O)c3ccccc3)oc3ccc(Cl)cc3c2=O)c1. The average Bonchev–Trinajstić information content (AvgIpc) is 2.75. The van der Waals surface area contributed by atoms with Crippen molar-refractivity contribution in [3.05, 3.63) is 93.6 Å². The summed E-state index contributed by atoms with van der Waals surface area (Å²) in [5.74, 6) is 0.256. The monoisotopic (exact) mass is 405 g/mol. The van der Waals surface area contributed by atoms with E-state index >= 15 is 0 Å². The van der Waals surface area contributed by atoms with E-state index in [1.165, 1.54) is 0 Å². The van der Waals surface area contributed by atoms with Crippen LogP contribution in [0, 0.1) is 0 Å². The lowest BCUT2D eigenvalue weighted by atomic mass is 10.0. The van der Waals surface area contributed by atoms with Gasteiger partial charge in [-0.1, -0.05) is 41.9 Å². The molecule has 1 heterocycles. The number of fused-ring (bicyclic) bond motifs is 1. The molecule has 29 heavy (non-hydrogen) atoms. The van der Waals surface area contributed by atoms with Crippen molar-refractivity contribution in [1.82, 2.24) is 0 Å². The van der Waals surface area contributed by atoms with Gasteiger partial charge in [-0.15, -0.1) is 0 Å². The van der Waals surface area contributed by atoms with Crippen molar-refractivity contribution in [2.75, 3.05) is 12.4 Å². The van der Waals surface area contributed by atoms with Crippen LogP contribution in [0.1, 0.15) is 10.4 Å². The van der Waals surface area contributed by atoms with Crippen LogP contribution in [0.3, 0.4) is 0 Å². The van der Waals surface area contributed by atoms with Gasteiger partial charge in [0.05, 0.1) is 18.1 Å². The number of hydrogen-bond donors (Lipinski definition) is 1. The third kappa shape index (κ3) is 3.73. The van der Waals surface area contributed by atoms with Crippen molar-refractivity contribution in [2.24, 2.45) is 0 Å². The highest BCUT2D eigenvalue weighted by Crippen LogP contribution is 2.31. The number of carbonyl (C=O) groups excluding carboxylic acids is 1. The van der Waals surface area contributed by atoms with Crippen LogP contribution in [0.4, 0.5) is 5.88 Å². The van der Waals surface area contributed by atoms with Gasteiger partial charge >= 0.3 is 0 Å². The zero-order valence-electron chi connectivity index (χ0n) is 15.4. The smallest absolute Gasteiger partial charge is 0.257 e. The second-order valence-electron chi connectivity index (χ2n) is 6.33. The van der Waals surface area contributed by atoms with Crippen LogP contribution in [0.2, 0.25) is 5.02 Å². The number of amides is 1. The van der Waals surface area contributed by atoms with Gasteiger partial charge in [-0.05, 0) is 48.0 Å². The van der Waals surface area contributed by atoms with Gasteiger partial charge in [0.25, 0.3) is 5.91 Å². The number of carbonyl (C=O) groups is 1. The van der Waals surface area contributed by atoms with Crippen molar-refractivity contribution in [3.63, 3.8) is 0 Å². The molecule has 144 valence electrons. The number of nitrogens with one attached hydrogen (secondary N) is 1. The Hall–Kier alpha value is -3.57. The molecule has 3 aromatic carbocycles. The van der Waals surface area contributed by atoms with E-state index in [9.17, 15) is 9.59 Å². The summed E-state index contributed by atoms with van der Waals surface area (Å²) in [6.07, 6.45) is 0. The molecule has 0 radical (unpaired) electrons. The number of anilines is 1. The average molecular weight is 406 g/mol. The minimum absolute atomic E-state index is 0.0620. The van der Waals surface area contributed by atoms with Gasteiger partial charge in [0, 0.05) is 10.6 Å². The predicted molar refractivity (Wildman–Crippen MR) is 114 cm³/mol. The van der Waals surface area contributed by atoms with Crippen LogP contribution in [-0.2, 0) is 0 Å². The fourth-order valence-electron chi connectivity index (χ4n) is 3.06. The molecule has 0 fully saturated rings. The summed E-state index contributed by atoms with van der Waals surface area (Å²) in [6.45, 7) is 0. The van der Waals surface area contributed by atoms with Crippen molar-refractivity contribution in [1.29, 1.82) is 0 Å². The van der Waals surface area contributed by atoms with E-state index in [1.807, 2.05) is 6.07 Å². The molecule has 0 bridgehead atoms. The standard InChI is InChI=1S/C23H16ClNO4/c1-28-17-9-5-8-15(12-17)20-21(26)18-13-16(24)10-11-19(18)29-23(20)25-22(27)14-6-3-2-4-7-14/h2-13H,1H3,(H,25,27). The number of halogens is 1. The number of rotatable bonds is 4. The molecule has 0 aliphatic carbocycles. The predicted octanol–water partition coefficient (Wildman–Crippen LogP) is 5.37. The summed E-state index contributed by atoms with van der Waals surface area (Å²) >= 11 is 6.07. The van der Waals surface area contributed by atoms with Gasteiger partial charge in [-0.2, -0.15) is 0 Å². The largest absolute Gasteiger partial charge is 0.497 e. The van der Waals surface area contributed by atoms with Crippen LogP contribution in [-0.4, -0.2) is 13.0 Å². The number of methoxy groups -OCH3 is 1. The van der Waals surface area contributed by atoms with Gasteiger partial charge in [0.15, 0.2) is 0 Å². The molecular formula is C23H16ClNO4. The van der Waals surface area contributed by atoms with E-state index in [0.29, 0.717) is 32.9 Å². The quantitative estimate of drug-likeness (QED) is 0.495. The molecular weight excluding hydrogens is 390 g/mol. The molecule has 6 heteroatoms. The van der Waals surface area contributed by atoms with Crippen molar-refractivity contribution in [2.45, 2.75) is 0 Å². The van der Waals surface area contributed by atoms with Crippen LogP contribution in [0.15, 0.2) is 82.0 Å². The Morgan fingerprint density at radius 3 is 2.55 bits per heavy atom. The number of hydrogen-bond acceptors (Lipinski definition) is 4. The number of benzene rings is 3. The molecule has 0 atom stereocenters. The minimum atomic E-state index is -0.383. The van der Waals surface area contributed by atoms with E-state index in [-0.39, 0.29) is 22.8 Å². The molecule has 1 N–H and O–H groups in total. The summed E-state index contributed by atoms with van der Waals surface area (Å²) in [4.78, 5) is 26.0. The van der Waals surface area contributed by atoms with Gasteiger partial charge < -0.3 is 9.15 Å². The minimum Gasteiger partial charge on any atom is -0.497 e. The summed E-state index contributed by atoms with van der Waals surface area (Å²) in [5.41, 5.74) is 1.26. The molecule has 0 aliphatic heterocycles. The highest BCUT2D eigenvalue weighted by molar-refractivity contribution is 6.31. The first-order valence-electron chi connectivity index (χ1n) is 8.84. The number of ether oxygens (including phenoxy) is 1. The topological polar surface area (TPSA) is 68.5 Å². The van der Waals surface area contributed by atoms with Crippen molar-refractivity contribution in [3.8, 4) is 16.9 Å². The second kappa shape index (κ2) is 7.81. The fraction of sp³-hybridized carbons (Fsp3) is 0.0435. The molecule has 1 amide bonds. The maximum absolute atomic E-state index is 13.3. The zero-order chi connectivity index (χ0) is 20.4. The first-order valence-corrected chi connectivity index (χ1v) is 9.22. The zero-order valence-corrected chi connectivity index (χ0v) is 16.2. The van der Waals surface area contributed by atoms with Gasteiger partial charge in [-0.25, -0.2) is 0 Å². The molecule has 0 unspecified atom stereocenters. The van der Waals surface area contributed by atoms with Gasteiger partial charge in [0.2, 0.25) is 11.3 Å². The molecule has 1 aromatic heterocycles. The Balaban J connectivity index is 1.93. The molecule has 5 nitrogen and oxygen atoms in total. The van der Waals surface area contributed by atoms with Crippen LogP contribution >= 0.6 is 11.6 Å². The summed E-state index contributed by atoms with van der Waals surface area (Å²) in [7, 11) is 1.54. The summed E-state index contributed by atoms with van der Waals surface area (Å²) in [6, 6.07) is 20.5. The van der Waals surface area contributed by atoms with E-state index in [0.717, 1.165) is 0 Å². The highest BCUT2D eigenvalue weighted by atomic mass is 35.5. The molecule has 0 spiro atoms. The normalized spacial score (nSPS) is 10.7. The summed E-state index contributed by atoms with van der Waals surface area (Å²) < 4.78 is 11.2. The first-order chi connectivity index (χ1) is 14.1. The van der Waals surface area contributed by atoms with Crippen LogP contribution < -0.4 is 15.5 Å². The Labute approximate surface area is 171 Å². The maximum atomic E-state index is 13.3. The molecule has 0 saturated carbocycles. The molecule has 0 aliphatic rings. The summed E-state index contributed by atoms with van der Waals surface area (Å²) in [5, 5.41) is 3.48. The Kier molecular flexibility index (Phi) is 5.06. The molecule has 4 aromatic rings. The fourth-order valence-corrected chi connectivity index (χ4v) is 3.23. The van der Waals surface area contributed by atoms with Crippen LogP contribution in [0.5, 0.6) is 5.75 Å². The highest BCUT2D eigenvalue weighted by Gasteiger charge is 2.19. The third-order valence-corrected chi connectivity index (χ3v) is 4.71. The lowest BCUT2D eigenvalue weighted by molar-refractivity contribution is 0.102. The van der Waals surface area contributed by atoms with Gasteiger partial charge in [-0.3, -0.25) is 14.9 Å².